The minimum atomic E-state index is 0.394. The molecule has 2 nitrogen and oxygen atoms in total. The van der Waals surface area contributed by atoms with Crippen LogP contribution in [-0.2, 0) is 0 Å². The van der Waals surface area contributed by atoms with Crippen LogP contribution in [0.2, 0.25) is 0 Å². The van der Waals surface area contributed by atoms with Crippen LogP contribution in [0, 0.1) is 11.8 Å². The minimum absolute atomic E-state index is 0.394. The highest BCUT2D eigenvalue weighted by atomic mass is 15.2. The molecule has 0 aromatic carbocycles. The maximum absolute atomic E-state index is 6.05. The van der Waals surface area contributed by atoms with Gasteiger partial charge in [-0.05, 0) is 25.2 Å². The lowest BCUT2D eigenvalue weighted by molar-refractivity contribution is 0.0937. The molecule has 0 radical (unpaired) electrons. The van der Waals surface area contributed by atoms with E-state index in [1.165, 1.54) is 19.4 Å². The summed E-state index contributed by atoms with van der Waals surface area (Å²) >= 11 is 0. The second-order valence-corrected chi connectivity index (χ2v) is 5.18. The Balaban J connectivity index is 2.50. The van der Waals surface area contributed by atoms with Crippen molar-refractivity contribution in [3.8, 4) is 0 Å². The molecule has 0 bridgehead atoms. The average Bonchev–Trinajstić information content (AvgIpc) is 2.14. The fraction of sp³-hybridized carbons (Fsp3) is 1.00. The molecule has 1 aliphatic heterocycles. The molecule has 0 amide bonds. The molecule has 84 valence electrons. The summed E-state index contributed by atoms with van der Waals surface area (Å²) in [4.78, 5) is 2.58. The van der Waals surface area contributed by atoms with Gasteiger partial charge in [-0.2, -0.15) is 0 Å². The van der Waals surface area contributed by atoms with Gasteiger partial charge in [0.25, 0.3) is 0 Å². The first-order chi connectivity index (χ1) is 6.54. The third kappa shape index (κ3) is 2.96. The Kier molecular flexibility index (Phi) is 4.39. The number of hydrogen-bond donors (Lipinski definition) is 1. The van der Waals surface area contributed by atoms with E-state index in [4.69, 9.17) is 5.73 Å². The van der Waals surface area contributed by atoms with E-state index in [2.05, 4.69) is 32.6 Å². The average molecular weight is 198 g/mol. The molecule has 1 saturated heterocycles. The van der Waals surface area contributed by atoms with Gasteiger partial charge in [0.2, 0.25) is 0 Å². The first kappa shape index (κ1) is 12.0. The molecule has 0 aliphatic carbocycles. The molecule has 4 unspecified atom stereocenters. The van der Waals surface area contributed by atoms with E-state index < -0.39 is 0 Å². The Morgan fingerprint density at radius 2 is 2.00 bits per heavy atom. The lowest BCUT2D eigenvalue weighted by Gasteiger charge is -2.40. The molecular weight excluding hydrogens is 172 g/mol. The van der Waals surface area contributed by atoms with Crippen LogP contribution in [0.3, 0.4) is 0 Å². The summed E-state index contributed by atoms with van der Waals surface area (Å²) < 4.78 is 0. The van der Waals surface area contributed by atoms with Crippen molar-refractivity contribution in [3.63, 3.8) is 0 Å². The van der Waals surface area contributed by atoms with Crippen molar-refractivity contribution in [2.75, 3.05) is 13.1 Å². The third-order valence-corrected chi connectivity index (χ3v) is 3.76. The molecular formula is C12H26N2. The van der Waals surface area contributed by atoms with Gasteiger partial charge < -0.3 is 5.73 Å². The number of nitrogens with zero attached hydrogens (tertiary/aromatic N) is 1. The maximum Gasteiger partial charge on any atom is 0.0170 e. The van der Waals surface area contributed by atoms with E-state index in [0.717, 1.165) is 18.4 Å². The van der Waals surface area contributed by atoms with Gasteiger partial charge in [0, 0.05) is 25.2 Å². The summed E-state index contributed by atoms with van der Waals surface area (Å²) in [6.45, 7) is 11.6. The molecule has 0 aromatic heterocycles. The van der Waals surface area contributed by atoms with Crippen molar-refractivity contribution < 1.29 is 0 Å². The lowest BCUT2D eigenvalue weighted by Crippen LogP contribution is -2.51. The fourth-order valence-corrected chi connectivity index (χ4v) is 2.48. The van der Waals surface area contributed by atoms with E-state index in [-0.39, 0.29) is 0 Å². The SMILES string of the molecule is CCC(C)C(C)N1CC(C)CC(N)C1. The zero-order valence-corrected chi connectivity index (χ0v) is 10.2. The van der Waals surface area contributed by atoms with Gasteiger partial charge in [-0.25, -0.2) is 0 Å². The summed E-state index contributed by atoms with van der Waals surface area (Å²) in [7, 11) is 0. The number of piperidine rings is 1. The van der Waals surface area contributed by atoms with Crippen LogP contribution in [-0.4, -0.2) is 30.1 Å². The molecule has 4 atom stereocenters. The van der Waals surface area contributed by atoms with E-state index in [1.54, 1.807) is 0 Å². The van der Waals surface area contributed by atoms with Crippen molar-refractivity contribution in [1.29, 1.82) is 0 Å². The third-order valence-electron chi connectivity index (χ3n) is 3.76. The van der Waals surface area contributed by atoms with E-state index in [1.807, 2.05) is 0 Å². The van der Waals surface area contributed by atoms with Crippen LogP contribution in [0.5, 0.6) is 0 Å². The maximum atomic E-state index is 6.05. The first-order valence-electron chi connectivity index (χ1n) is 6.04. The highest BCUT2D eigenvalue weighted by Crippen LogP contribution is 2.21. The smallest absolute Gasteiger partial charge is 0.0170 e. The molecule has 1 fully saturated rings. The van der Waals surface area contributed by atoms with Crippen LogP contribution in [0.4, 0.5) is 0 Å². The molecule has 1 aliphatic rings. The van der Waals surface area contributed by atoms with Gasteiger partial charge in [-0.15, -0.1) is 0 Å². The van der Waals surface area contributed by atoms with Gasteiger partial charge >= 0.3 is 0 Å². The van der Waals surface area contributed by atoms with Crippen LogP contribution in [0.15, 0.2) is 0 Å². The molecule has 1 rings (SSSR count). The van der Waals surface area contributed by atoms with Crippen molar-refractivity contribution >= 4 is 0 Å². The molecule has 1 heterocycles. The monoisotopic (exact) mass is 198 g/mol. The van der Waals surface area contributed by atoms with Gasteiger partial charge in [0.15, 0.2) is 0 Å². The van der Waals surface area contributed by atoms with Crippen molar-refractivity contribution in [1.82, 2.24) is 4.90 Å². The minimum Gasteiger partial charge on any atom is -0.327 e. The Hall–Kier alpha value is -0.0800. The number of nitrogens with two attached hydrogens (primary N) is 1. The highest BCUT2D eigenvalue weighted by Gasteiger charge is 2.27. The first-order valence-corrected chi connectivity index (χ1v) is 6.04. The number of hydrogen-bond acceptors (Lipinski definition) is 2. The zero-order valence-electron chi connectivity index (χ0n) is 10.2. The summed E-state index contributed by atoms with van der Waals surface area (Å²) in [5, 5.41) is 0. The molecule has 14 heavy (non-hydrogen) atoms. The van der Waals surface area contributed by atoms with Gasteiger partial charge in [-0.1, -0.05) is 27.2 Å². The van der Waals surface area contributed by atoms with Crippen LogP contribution in [0.1, 0.15) is 40.5 Å². The normalized spacial score (nSPS) is 34.1. The van der Waals surface area contributed by atoms with Crippen molar-refractivity contribution in [3.05, 3.63) is 0 Å². The van der Waals surface area contributed by atoms with Crippen LogP contribution >= 0.6 is 0 Å². The standard InChI is InChI=1S/C12H26N2/c1-5-10(3)11(4)14-7-9(2)6-12(13)8-14/h9-12H,5-8,13H2,1-4H3. The molecule has 0 aromatic rings. The predicted octanol–water partition coefficient (Wildman–Crippen LogP) is 2.09. The fourth-order valence-electron chi connectivity index (χ4n) is 2.48. The summed E-state index contributed by atoms with van der Waals surface area (Å²) in [6.07, 6.45) is 2.46. The molecule has 2 N–H and O–H groups in total. The lowest BCUT2D eigenvalue weighted by atomic mass is 9.91. The van der Waals surface area contributed by atoms with Crippen LogP contribution < -0.4 is 5.73 Å². The van der Waals surface area contributed by atoms with E-state index in [9.17, 15) is 0 Å². The highest BCUT2D eigenvalue weighted by molar-refractivity contribution is 4.83. The van der Waals surface area contributed by atoms with Crippen molar-refractivity contribution in [2.24, 2.45) is 17.6 Å². The Labute approximate surface area is 88.8 Å². The zero-order chi connectivity index (χ0) is 10.7. The topological polar surface area (TPSA) is 29.3 Å². The predicted molar refractivity (Wildman–Crippen MR) is 62.2 cm³/mol. The summed E-state index contributed by atoms with van der Waals surface area (Å²) in [6, 6.07) is 1.08. The quantitative estimate of drug-likeness (QED) is 0.752. The number of likely N-dealkylation sites (tertiary alicyclic amines) is 1. The van der Waals surface area contributed by atoms with Gasteiger partial charge in [-0.3, -0.25) is 4.90 Å². The second kappa shape index (κ2) is 5.13. The summed E-state index contributed by atoms with van der Waals surface area (Å²) in [5.74, 6) is 1.55. The van der Waals surface area contributed by atoms with Crippen LogP contribution in [0.25, 0.3) is 0 Å². The Morgan fingerprint density at radius 1 is 1.36 bits per heavy atom. The van der Waals surface area contributed by atoms with E-state index in [0.29, 0.717) is 12.1 Å². The van der Waals surface area contributed by atoms with Gasteiger partial charge in [0.05, 0.1) is 0 Å². The van der Waals surface area contributed by atoms with E-state index >= 15 is 0 Å². The van der Waals surface area contributed by atoms with Gasteiger partial charge in [0.1, 0.15) is 0 Å². The molecule has 0 saturated carbocycles. The summed E-state index contributed by atoms with van der Waals surface area (Å²) in [5.41, 5.74) is 6.05. The Morgan fingerprint density at radius 3 is 2.50 bits per heavy atom. The number of rotatable bonds is 3. The second-order valence-electron chi connectivity index (χ2n) is 5.18. The molecule has 0 spiro atoms. The van der Waals surface area contributed by atoms with Crippen molar-refractivity contribution in [2.45, 2.75) is 52.6 Å². The largest absolute Gasteiger partial charge is 0.327 e. The Bertz CT molecular complexity index is 160. The molecule has 2 heteroatoms.